The molecule has 2 atom stereocenters. The van der Waals surface area contributed by atoms with Crippen LogP contribution in [0.3, 0.4) is 0 Å². The number of nitrogens with one attached hydrogen (secondary N) is 3. The quantitative estimate of drug-likeness (QED) is 0.567. The van der Waals surface area contributed by atoms with Crippen LogP contribution >= 0.6 is 0 Å². The highest BCUT2D eigenvalue weighted by atomic mass is 15.2. The lowest BCUT2D eigenvalue weighted by Gasteiger charge is -2.11. The summed E-state index contributed by atoms with van der Waals surface area (Å²) in [7, 11) is 1.85. The van der Waals surface area contributed by atoms with Crippen LogP contribution in [0.25, 0.3) is 10.9 Å². The standard InChI is InChI=1S/C18H26N4/c1-3-6-13-11-17(13)22-18(19-2)20-10-9-14-12-21-16-8-5-4-7-15(14)16/h4-5,7-8,12-13,17,21H,3,6,9-11H2,1-2H3,(H2,19,20,22). The summed E-state index contributed by atoms with van der Waals surface area (Å²) in [6.45, 7) is 3.15. The van der Waals surface area contributed by atoms with Crippen LogP contribution in [0.1, 0.15) is 31.7 Å². The van der Waals surface area contributed by atoms with Crippen molar-refractivity contribution in [1.82, 2.24) is 15.6 Å². The number of nitrogens with zero attached hydrogens (tertiary/aromatic N) is 1. The van der Waals surface area contributed by atoms with E-state index in [0.717, 1.165) is 24.8 Å². The van der Waals surface area contributed by atoms with Crippen LogP contribution in [0.5, 0.6) is 0 Å². The fourth-order valence-electron chi connectivity index (χ4n) is 3.14. The molecule has 1 fully saturated rings. The van der Waals surface area contributed by atoms with Crippen molar-refractivity contribution in [1.29, 1.82) is 0 Å². The van der Waals surface area contributed by atoms with Crippen LogP contribution < -0.4 is 10.6 Å². The molecule has 1 aliphatic rings. The van der Waals surface area contributed by atoms with Gasteiger partial charge in [0.2, 0.25) is 0 Å². The zero-order valence-electron chi connectivity index (χ0n) is 13.5. The first kappa shape index (κ1) is 14.9. The Hall–Kier alpha value is -1.97. The Bertz CT molecular complexity index is 643. The molecule has 3 N–H and O–H groups in total. The lowest BCUT2D eigenvalue weighted by Crippen LogP contribution is -2.40. The maximum atomic E-state index is 4.33. The Morgan fingerprint density at radius 1 is 1.36 bits per heavy atom. The molecule has 4 nitrogen and oxygen atoms in total. The van der Waals surface area contributed by atoms with E-state index in [1.54, 1.807) is 0 Å². The second-order valence-electron chi connectivity index (χ2n) is 6.14. The number of rotatable bonds is 6. The van der Waals surface area contributed by atoms with Crippen molar-refractivity contribution in [3.63, 3.8) is 0 Å². The minimum absolute atomic E-state index is 0.624. The van der Waals surface area contributed by atoms with Crippen LogP contribution in [0.2, 0.25) is 0 Å². The first-order valence-corrected chi connectivity index (χ1v) is 8.34. The molecule has 3 rings (SSSR count). The minimum Gasteiger partial charge on any atom is -0.361 e. The van der Waals surface area contributed by atoms with Crippen molar-refractivity contribution in [2.45, 2.75) is 38.6 Å². The van der Waals surface area contributed by atoms with E-state index in [1.165, 1.54) is 35.7 Å². The molecule has 0 radical (unpaired) electrons. The van der Waals surface area contributed by atoms with Crippen molar-refractivity contribution in [3.05, 3.63) is 36.0 Å². The molecular weight excluding hydrogens is 272 g/mol. The van der Waals surface area contributed by atoms with Gasteiger partial charge in [-0.2, -0.15) is 0 Å². The molecule has 0 bridgehead atoms. The number of aromatic amines is 1. The number of para-hydroxylation sites is 1. The number of aliphatic imine (C=N–C) groups is 1. The molecule has 1 heterocycles. The van der Waals surface area contributed by atoms with Gasteiger partial charge in [0.15, 0.2) is 5.96 Å². The lowest BCUT2D eigenvalue weighted by molar-refractivity contribution is 0.655. The maximum absolute atomic E-state index is 4.33. The molecule has 118 valence electrons. The van der Waals surface area contributed by atoms with Crippen LogP contribution in [-0.2, 0) is 6.42 Å². The fourth-order valence-corrected chi connectivity index (χ4v) is 3.14. The highest BCUT2D eigenvalue weighted by molar-refractivity contribution is 5.83. The summed E-state index contributed by atoms with van der Waals surface area (Å²) in [6, 6.07) is 9.07. The summed E-state index contributed by atoms with van der Waals surface area (Å²) in [5.74, 6) is 1.78. The third-order valence-electron chi connectivity index (χ3n) is 4.49. The topological polar surface area (TPSA) is 52.2 Å². The van der Waals surface area contributed by atoms with Gasteiger partial charge >= 0.3 is 0 Å². The van der Waals surface area contributed by atoms with Gasteiger partial charge in [0.25, 0.3) is 0 Å². The predicted molar refractivity (Wildman–Crippen MR) is 93.3 cm³/mol. The zero-order valence-corrected chi connectivity index (χ0v) is 13.5. The Balaban J connectivity index is 1.47. The number of aromatic nitrogens is 1. The van der Waals surface area contributed by atoms with Crippen molar-refractivity contribution in [2.75, 3.05) is 13.6 Å². The monoisotopic (exact) mass is 298 g/mol. The summed E-state index contributed by atoms with van der Waals surface area (Å²) in [6.07, 6.45) is 6.99. The Morgan fingerprint density at radius 3 is 3.05 bits per heavy atom. The fraction of sp³-hybridized carbons (Fsp3) is 0.500. The van der Waals surface area contributed by atoms with Gasteiger partial charge < -0.3 is 15.6 Å². The van der Waals surface area contributed by atoms with Gasteiger partial charge in [0.05, 0.1) is 0 Å². The van der Waals surface area contributed by atoms with Crippen molar-refractivity contribution in [2.24, 2.45) is 10.9 Å². The second kappa shape index (κ2) is 6.86. The third-order valence-corrected chi connectivity index (χ3v) is 4.49. The number of guanidine groups is 1. The van der Waals surface area contributed by atoms with E-state index in [9.17, 15) is 0 Å². The molecule has 0 spiro atoms. The van der Waals surface area contributed by atoms with Crippen molar-refractivity contribution >= 4 is 16.9 Å². The summed E-state index contributed by atoms with van der Waals surface area (Å²) < 4.78 is 0. The largest absolute Gasteiger partial charge is 0.361 e. The van der Waals surface area contributed by atoms with E-state index in [1.807, 2.05) is 7.05 Å². The number of hydrogen-bond donors (Lipinski definition) is 3. The van der Waals surface area contributed by atoms with Gasteiger partial charge in [-0.25, -0.2) is 0 Å². The summed E-state index contributed by atoms with van der Waals surface area (Å²) >= 11 is 0. The van der Waals surface area contributed by atoms with Crippen LogP contribution in [0.4, 0.5) is 0 Å². The number of benzene rings is 1. The predicted octanol–water partition coefficient (Wildman–Crippen LogP) is 3.06. The Morgan fingerprint density at radius 2 is 2.23 bits per heavy atom. The Labute approximate surface area is 132 Å². The normalized spacial score (nSPS) is 21.1. The van der Waals surface area contributed by atoms with Crippen LogP contribution in [-0.4, -0.2) is 30.6 Å². The number of H-pyrrole nitrogens is 1. The molecular formula is C18H26N4. The third kappa shape index (κ3) is 3.43. The van der Waals surface area contributed by atoms with Crippen LogP contribution in [0, 0.1) is 5.92 Å². The van der Waals surface area contributed by atoms with E-state index in [2.05, 4.69) is 58.0 Å². The van der Waals surface area contributed by atoms with Crippen molar-refractivity contribution in [3.8, 4) is 0 Å². The molecule has 1 aromatic carbocycles. The second-order valence-corrected chi connectivity index (χ2v) is 6.14. The molecule has 22 heavy (non-hydrogen) atoms. The van der Waals surface area contributed by atoms with E-state index < -0.39 is 0 Å². The molecule has 2 aromatic rings. The van der Waals surface area contributed by atoms with E-state index in [0.29, 0.717) is 6.04 Å². The number of fused-ring (bicyclic) bond motifs is 1. The van der Waals surface area contributed by atoms with Crippen LogP contribution in [0.15, 0.2) is 35.5 Å². The van der Waals surface area contributed by atoms with Gasteiger partial charge in [0, 0.05) is 36.7 Å². The van der Waals surface area contributed by atoms with E-state index in [4.69, 9.17) is 0 Å². The van der Waals surface area contributed by atoms with Gasteiger partial charge in [-0.15, -0.1) is 0 Å². The van der Waals surface area contributed by atoms with Gasteiger partial charge in [-0.05, 0) is 36.8 Å². The molecule has 4 heteroatoms. The lowest BCUT2D eigenvalue weighted by atomic mass is 10.1. The summed E-state index contributed by atoms with van der Waals surface area (Å²) in [5, 5.41) is 8.27. The average Bonchev–Trinajstić information content (AvgIpc) is 3.14. The number of hydrogen-bond acceptors (Lipinski definition) is 1. The molecule has 0 amide bonds. The maximum Gasteiger partial charge on any atom is 0.191 e. The molecule has 0 aliphatic heterocycles. The van der Waals surface area contributed by atoms with Gasteiger partial charge in [-0.3, -0.25) is 4.99 Å². The van der Waals surface area contributed by atoms with E-state index in [-0.39, 0.29) is 0 Å². The minimum atomic E-state index is 0.624. The van der Waals surface area contributed by atoms with Gasteiger partial charge in [0.1, 0.15) is 0 Å². The summed E-state index contributed by atoms with van der Waals surface area (Å²) in [4.78, 5) is 7.66. The highest BCUT2D eigenvalue weighted by Crippen LogP contribution is 2.34. The highest BCUT2D eigenvalue weighted by Gasteiger charge is 2.36. The summed E-state index contributed by atoms with van der Waals surface area (Å²) in [5.41, 5.74) is 2.56. The smallest absolute Gasteiger partial charge is 0.191 e. The molecule has 1 aliphatic carbocycles. The molecule has 1 saturated carbocycles. The SMILES string of the molecule is CCCC1CC1NC(=NC)NCCc1c[nH]c2ccccc12. The van der Waals surface area contributed by atoms with Gasteiger partial charge in [-0.1, -0.05) is 31.5 Å². The molecule has 0 saturated heterocycles. The molecule has 2 unspecified atom stereocenters. The van der Waals surface area contributed by atoms with E-state index >= 15 is 0 Å². The average molecular weight is 298 g/mol. The van der Waals surface area contributed by atoms with Crippen molar-refractivity contribution < 1.29 is 0 Å². The zero-order chi connectivity index (χ0) is 15.4. The first-order valence-electron chi connectivity index (χ1n) is 8.34. The first-order chi connectivity index (χ1) is 10.8. The Kier molecular flexibility index (Phi) is 4.66. The molecule has 1 aromatic heterocycles.